The number of hydrogen-bond donors (Lipinski definition) is 1. The smallest absolute Gasteiger partial charge is 0.0796 e. The fraction of sp³-hybridized carbons (Fsp3) is 0.875. The van der Waals surface area contributed by atoms with Gasteiger partial charge >= 0.3 is 0 Å². The average Bonchev–Trinajstić information content (AvgIpc) is 2.01. The highest BCUT2D eigenvalue weighted by molar-refractivity contribution is 4.76. The Morgan fingerprint density at radius 2 is 2.00 bits per heavy atom. The van der Waals surface area contributed by atoms with Crippen LogP contribution in [0.5, 0.6) is 0 Å². The van der Waals surface area contributed by atoms with Gasteiger partial charge in [0, 0.05) is 6.54 Å². The lowest BCUT2D eigenvalue weighted by atomic mass is 10.2. The normalized spacial score (nSPS) is 13.0. The number of aliphatic hydroxyl groups is 1. The maximum absolute atomic E-state index is 9.22. The molecule has 0 aliphatic heterocycles. The van der Waals surface area contributed by atoms with Crippen LogP contribution in [0.4, 0.5) is 0 Å². The molecule has 0 heterocycles. The van der Waals surface area contributed by atoms with Crippen molar-refractivity contribution in [3.8, 4) is 6.07 Å². The first-order chi connectivity index (χ1) is 5.24. The van der Waals surface area contributed by atoms with E-state index in [-0.39, 0.29) is 6.42 Å². The van der Waals surface area contributed by atoms with E-state index in [0.717, 1.165) is 13.1 Å². The van der Waals surface area contributed by atoms with E-state index in [1.54, 1.807) is 0 Å². The third-order valence-corrected chi connectivity index (χ3v) is 1.69. The Bertz CT molecular complexity index is 127. The topological polar surface area (TPSA) is 47.3 Å². The molecule has 0 aliphatic carbocycles. The molecule has 1 N–H and O–H groups in total. The van der Waals surface area contributed by atoms with Gasteiger partial charge < -0.3 is 10.0 Å². The van der Waals surface area contributed by atoms with Crippen LogP contribution in [0.15, 0.2) is 0 Å². The molecule has 3 heteroatoms. The summed E-state index contributed by atoms with van der Waals surface area (Å²) in [6, 6.07) is 1.94. The van der Waals surface area contributed by atoms with E-state index in [9.17, 15) is 5.11 Å². The van der Waals surface area contributed by atoms with Gasteiger partial charge in [0.05, 0.1) is 18.6 Å². The first-order valence-electron chi connectivity index (χ1n) is 4.01. The summed E-state index contributed by atoms with van der Waals surface area (Å²) < 4.78 is 0. The molecule has 0 saturated carbocycles. The lowest BCUT2D eigenvalue weighted by Gasteiger charge is -2.20. The van der Waals surface area contributed by atoms with Crippen LogP contribution in [-0.4, -0.2) is 35.7 Å². The summed E-state index contributed by atoms with van der Waals surface area (Å²) in [7, 11) is 0. The largest absolute Gasteiger partial charge is 0.391 e. The molecule has 0 bridgehead atoms. The van der Waals surface area contributed by atoms with Crippen LogP contribution in [0.1, 0.15) is 20.3 Å². The molecule has 0 fully saturated rings. The molecule has 11 heavy (non-hydrogen) atoms. The second-order valence-electron chi connectivity index (χ2n) is 2.50. The van der Waals surface area contributed by atoms with Crippen molar-refractivity contribution in [2.75, 3.05) is 19.6 Å². The SMILES string of the molecule is CCN(CC)CC(O)CC#N. The van der Waals surface area contributed by atoms with E-state index in [2.05, 4.69) is 4.90 Å². The molecule has 0 radical (unpaired) electrons. The standard InChI is InChI=1S/C8H16N2O/c1-3-10(4-2)7-8(11)5-6-9/h8,11H,3-5,7H2,1-2H3. The van der Waals surface area contributed by atoms with Crippen molar-refractivity contribution in [3.05, 3.63) is 0 Å². The predicted octanol–water partition coefficient (Wildman–Crippen LogP) is 0.603. The zero-order valence-corrected chi connectivity index (χ0v) is 7.25. The fourth-order valence-electron chi connectivity index (χ4n) is 0.950. The van der Waals surface area contributed by atoms with Gasteiger partial charge in [0.2, 0.25) is 0 Å². The van der Waals surface area contributed by atoms with Crippen LogP contribution in [0.3, 0.4) is 0 Å². The van der Waals surface area contributed by atoms with Crippen molar-refractivity contribution in [1.82, 2.24) is 4.90 Å². The number of aliphatic hydroxyl groups excluding tert-OH is 1. The van der Waals surface area contributed by atoms with Crippen LogP contribution < -0.4 is 0 Å². The van der Waals surface area contributed by atoms with Gasteiger partial charge in [-0.05, 0) is 13.1 Å². The van der Waals surface area contributed by atoms with E-state index in [1.165, 1.54) is 0 Å². The third-order valence-electron chi connectivity index (χ3n) is 1.69. The Morgan fingerprint density at radius 3 is 2.36 bits per heavy atom. The molecule has 0 aromatic heterocycles. The van der Waals surface area contributed by atoms with E-state index in [1.807, 2.05) is 19.9 Å². The van der Waals surface area contributed by atoms with E-state index >= 15 is 0 Å². The highest BCUT2D eigenvalue weighted by Gasteiger charge is 2.07. The summed E-state index contributed by atoms with van der Waals surface area (Å²) in [4.78, 5) is 2.10. The first kappa shape index (κ1) is 10.4. The number of nitriles is 1. The van der Waals surface area contributed by atoms with Gasteiger partial charge in [-0.25, -0.2) is 0 Å². The number of rotatable bonds is 5. The summed E-state index contributed by atoms with van der Waals surface area (Å²) in [5, 5.41) is 17.5. The highest BCUT2D eigenvalue weighted by atomic mass is 16.3. The minimum Gasteiger partial charge on any atom is -0.391 e. The van der Waals surface area contributed by atoms with E-state index < -0.39 is 6.10 Å². The van der Waals surface area contributed by atoms with Gasteiger partial charge in [0.1, 0.15) is 0 Å². The van der Waals surface area contributed by atoms with Crippen molar-refractivity contribution in [2.24, 2.45) is 0 Å². The lowest BCUT2D eigenvalue weighted by molar-refractivity contribution is 0.122. The quantitative estimate of drug-likeness (QED) is 0.634. The summed E-state index contributed by atoms with van der Waals surface area (Å²) >= 11 is 0. The summed E-state index contributed by atoms with van der Waals surface area (Å²) in [5.41, 5.74) is 0. The van der Waals surface area contributed by atoms with Crippen LogP contribution in [0, 0.1) is 11.3 Å². The Morgan fingerprint density at radius 1 is 1.45 bits per heavy atom. The zero-order valence-electron chi connectivity index (χ0n) is 7.25. The minimum atomic E-state index is -0.486. The Balaban J connectivity index is 3.55. The highest BCUT2D eigenvalue weighted by Crippen LogP contribution is 1.94. The molecule has 0 aromatic rings. The van der Waals surface area contributed by atoms with Gasteiger partial charge in [-0.15, -0.1) is 0 Å². The molecule has 0 rings (SSSR count). The molecule has 0 aromatic carbocycles. The van der Waals surface area contributed by atoms with Gasteiger partial charge in [-0.2, -0.15) is 5.26 Å². The lowest BCUT2D eigenvalue weighted by Crippen LogP contribution is -2.31. The van der Waals surface area contributed by atoms with Crippen molar-refractivity contribution < 1.29 is 5.11 Å². The molecule has 0 spiro atoms. The molecular formula is C8H16N2O. The van der Waals surface area contributed by atoms with E-state index in [4.69, 9.17) is 5.26 Å². The molecule has 0 saturated heterocycles. The predicted molar refractivity (Wildman–Crippen MR) is 44.0 cm³/mol. The summed E-state index contributed by atoms with van der Waals surface area (Å²) in [6.45, 7) is 6.56. The maximum atomic E-state index is 9.22. The van der Waals surface area contributed by atoms with Gasteiger partial charge in [0.15, 0.2) is 0 Å². The molecule has 0 aliphatic rings. The minimum absolute atomic E-state index is 0.233. The second-order valence-corrected chi connectivity index (χ2v) is 2.50. The molecular weight excluding hydrogens is 140 g/mol. The van der Waals surface area contributed by atoms with Gasteiger partial charge in [-0.1, -0.05) is 13.8 Å². The van der Waals surface area contributed by atoms with Crippen molar-refractivity contribution in [1.29, 1.82) is 5.26 Å². The van der Waals surface area contributed by atoms with Crippen molar-refractivity contribution in [3.63, 3.8) is 0 Å². The fourth-order valence-corrected chi connectivity index (χ4v) is 0.950. The van der Waals surface area contributed by atoms with Crippen LogP contribution in [-0.2, 0) is 0 Å². The van der Waals surface area contributed by atoms with Crippen LogP contribution >= 0.6 is 0 Å². The first-order valence-corrected chi connectivity index (χ1v) is 4.01. The average molecular weight is 156 g/mol. The van der Waals surface area contributed by atoms with Crippen molar-refractivity contribution in [2.45, 2.75) is 26.4 Å². The van der Waals surface area contributed by atoms with Gasteiger partial charge in [0.25, 0.3) is 0 Å². The van der Waals surface area contributed by atoms with Gasteiger partial charge in [-0.3, -0.25) is 0 Å². The molecule has 0 amide bonds. The number of nitrogens with zero attached hydrogens (tertiary/aromatic N) is 2. The van der Waals surface area contributed by atoms with Crippen molar-refractivity contribution >= 4 is 0 Å². The van der Waals surface area contributed by atoms with Crippen LogP contribution in [0.25, 0.3) is 0 Å². The Labute approximate surface area is 68.2 Å². The Kier molecular flexibility index (Phi) is 5.81. The number of hydrogen-bond acceptors (Lipinski definition) is 3. The van der Waals surface area contributed by atoms with E-state index in [0.29, 0.717) is 6.54 Å². The monoisotopic (exact) mass is 156 g/mol. The third kappa shape index (κ3) is 4.77. The summed E-state index contributed by atoms with van der Waals surface area (Å²) in [6.07, 6.45) is -0.254. The second kappa shape index (κ2) is 6.14. The molecule has 1 unspecified atom stereocenters. The number of likely N-dealkylation sites (N-methyl/N-ethyl adjacent to an activating group) is 1. The zero-order chi connectivity index (χ0) is 8.69. The molecule has 3 nitrogen and oxygen atoms in total. The summed E-state index contributed by atoms with van der Waals surface area (Å²) in [5.74, 6) is 0. The Hall–Kier alpha value is -0.590. The molecule has 64 valence electrons. The van der Waals surface area contributed by atoms with Crippen LogP contribution in [0.2, 0.25) is 0 Å². The molecule has 1 atom stereocenters. The maximum Gasteiger partial charge on any atom is 0.0796 e.